The third-order valence-corrected chi connectivity index (χ3v) is 6.42. The molecule has 4 aromatic heterocycles. The molecule has 1 atom stereocenters. The van der Waals surface area contributed by atoms with Gasteiger partial charge < -0.3 is 10.2 Å². The minimum atomic E-state index is -0.285. The third kappa shape index (κ3) is 4.91. The molecule has 1 unspecified atom stereocenters. The van der Waals surface area contributed by atoms with Gasteiger partial charge >= 0.3 is 0 Å². The Hall–Kier alpha value is -3.69. The topological polar surface area (TPSA) is 71.2 Å². The molecular weight excluding hydrogens is 461 g/mol. The van der Waals surface area contributed by atoms with E-state index in [1.54, 1.807) is 29.7 Å². The molecule has 9 heteroatoms. The van der Waals surface area contributed by atoms with Crippen molar-refractivity contribution in [1.82, 2.24) is 29.2 Å². The highest BCUT2D eigenvalue weighted by molar-refractivity contribution is 7.09. The molecule has 35 heavy (non-hydrogen) atoms. The first-order valence-electron chi connectivity index (χ1n) is 11.3. The number of halogens is 1. The summed E-state index contributed by atoms with van der Waals surface area (Å²) < 4.78 is 15.7. The van der Waals surface area contributed by atoms with E-state index in [2.05, 4.69) is 32.3 Å². The number of imidazole rings is 1. The number of benzene rings is 1. The van der Waals surface area contributed by atoms with E-state index >= 15 is 0 Å². The molecule has 0 bridgehead atoms. The Bertz CT molecular complexity index is 1470. The van der Waals surface area contributed by atoms with Crippen molar-refractivity contribution in [2.45, 2.75) is 26.4 Å². The van der Waals surface area contributed by atoms with Crippen molar-refractivity contribution in [1.29, 1.82) is 0 Å². The second kappa shape index (κ2) is 9.52. The number of nitrogens with zero attached hydrogens (tertiary/aromatic N) is 6. The van der Waals surface area contributed by atoms with Crippen molar-refractivity contribution in [3.8, 4) is 22.6 Å². The van der Waals surface area contributed by atoms with Crippen LogP contribution in [0.2, 0.25) is 0 Å². The lowest BCUT2D eigenvalue weighted by Gasteiger charge is -2.13. The zero-order valence-electron chi connectivity index (χ0n) is 20.0. The Morgan fingerprint density at radius 2 is 1.89 bits per heavy atom. The fourth-order valence-corrected chi connectivity index (χ4v) is 4.72. The fraction of sp³-hybridized carbons (Fsp3) is 0.231. The minimum absolute atomic E-state index is 0.0393. The van der Waals surface area contributed by atoms with Crippen LogP contribution in [0.5, 0.6) is 0 Å². The van der Waals surface area contributed by atoms with Gasteiger partial charge in [-0.2, -0.15) is 0 Å². The lowest BCUT2D eigenvalue weighted by atomic mass is 10.1. The first-order valence-corrected chi connectivity index (χ1v) is 12.2. The number of aromatic nitrogens is 5. The van der Waals surface area contributed by atoms with E-state index < -0.39 is 0 Å². The van der Waals surface area contributed by atoms with Crippen LogP contribution in [0.15, 0.2) is 60.2 Å². The van der Waals surface area contributed by atoms with Gasteiger partial charge in [0.2, 0.25) is 5.95 Å². The monoisotopic (exact) mass is 487 g/mol. The highest BCUT2D eigenvalue weighted by atomic mass is 32.1. The first kappa shape index (κ1) is 23.1. The molecule has 1 aromatic carbocycles. The van der Waals surface area contributed by atoms with Gasteiger partial charge in [0.05, 0.1) is 33.8 Å². The summed E-state index contributed by atoms with van der Waals surface area (Å²) in [6.07, 6.45) is 3.75. The number of hydrogen-bond donors (Lipinski definition) is 1. The number of pyridine rings is 1. The van der Waals surface area contributed by atoms with Crippen LogP contribution in [0.1, 0.15) is 29.2 Å². The molecule has 0 aliphatic heterocycles. The van der Waals surface area contributed by atoms with Crippen molar-refractivity contribution in [2.75, 3.05) is 19.4 Å². The van der Waals surface area contributed by atoms with Crippen LogP contribution >= 0.6 is 11.3 Å². The number of thiazole rings is 1. The molecule has 0 aliphatic carbocycles. The van der Waals surface area contributed by atoms with E-state index in [1.807, 2.05) is 50.0 Å². The second-order valence-corrected chi connectivity index (χ2v) is 9.80. The quantitative estimate of drug-likeness (QED) is 0.322. The number of rotatable bonds is 7. The fourth-order valence-electron chi connectivity index (χ4n) is 4.01. The summed E-state index contributed by atoms with van der Waals surface area (Å²) in [6, 6.07) is 12.4. The van der Waals surface area contributed by atoms with Gasteiger partial charge in [0, 0.05) is 29.9 Å². The van der Waals surface area contributed by atoms with E-state index in [4.69, 9.17) is 9.97 Å². The summed E-state index contributed by atoms with van der Waals surface area (Å²) >= 11 is 1.62. The van der Waals surface area contributed by atoms with Crippen molar-refractivity contribution < 1.29 is 4.39 Å². The Labute approximate surface area is 207 Å². The van der Waals surface area contributed by atoms with Crippen LogP contribution in [0, 0.1) is 12.7 Å². The normalized spacial score (nSPS) is 12.4. The zero-order valence-corrected chi connectivity index (χ0v) is 20.8. The van der Waals surface area contributed by atoms with Gasteiger partial charge in [-0.15, -0.1) is 11.3 Å². The summed E-state index contributed by atoms with van der Waals surface area (Å²) in [5.41, 5.74) is 6.01. The average Bonchev–Trinajstić information content (AvgIpc) is 3.43. The van der Waals surface area contributed by atoms with Crippen molar-refractivity contribution >= 4 is 22.9 Å². The SMILES string of the molecule is Cc1nc(C(C)Nc2nccc(-c3c(-c4ccc(F)cc4)nc4cc(CN(C)C)ccn34)n2)cs1. The number of hydrogen-bond acceptors (Lipinski definition) is 7. The Morgan fingerprint density at radius 1 is 1.09 bits per heavy atom. The molecular formula is C26H26FN7S. The predicted molar refractivity (Wildman–Crippen MR) is 138 cm³/mol. The highest BCUT2D eigenvalue weighted by Gasteiger charge is 2.19. The third-order valence-electron chi connectivity index (χ3n) is 5.63. The lowest BCUT2D eigenvalue weighted by molar-refractivity contribution is 0.402. The largest absolute Gasteiger partial charge is 0.346 e. The van der Waals surface area contributed by atoms with Crippen LogP contribution in [0.3, 0.4) is 0 Å². The van der Waals surface area contributed by atoms with E-state index in [1.165, 1.54) is 12.1 Å². The Kier molecular flexibility index (Phi) is 6.27. The summed E-state index contributed by atoms with van der Waals surface area (Å²) in [6.45, 7) is 4.83. The van der Waals surface area contributed by atoms with Crippen LogP contribution in [0.4, 0.5) is 10.3 Å². The van der Waals surface area contributed by atoms with Crippen LogP contribution in [-0.4, -0.2) is 43.3 Å². The van der Waals surface area contributed by atoms with Gasteiger partial charge in [0.25, 0.3) is 0 Å². The number of aryl methyl sites for hydroxylation is 1. The number of anilines is 1. The molecule has 4 heterocycles. The summed E-state index contributed by atoms with van der Waals surface area (Å²) in [7, 11) is 4.07. The Morgan fingerprint density at radius 3 is 2.60 bits per heavy atom. The van der Waals surface area contributed by atoms with E-state index in [9.17, 15) is 4.39 Å². The van der Waals surface area contributed by atoms with Crippen LogP contribution in [-0.2, 0) is 6.54 Å². The van der Waals surface area contributed by atoms with Crippen LogP contribution < -0.4 is 5.32 Å². The molecule has 0 fully saturated rings. The molecule has 0 radical (unpaired) electrons. The summed E-state index contributed by atoms with van der Waals surface area (Å²) in [5.74, 6) is 0.219. The smallest absolute Gasteiger partial charge is 0.223 e. The van der Waals surface area contributed by atoms with E-state index in [0.717, 1.165) is 51.1 Å². The van der Waals surface area contributed by atoms with E-state index in [-0.39, 0.29) is 11.9 Å². The van der Waals surface area contributed by atoms with Crippen LogP contribution in [0.25, 0.3) is 28.3 Å². The van der Waals surface area contributed by atoms with Crippen molar-refractivity contribution in [3.05, 3.63) is 82.3 Å². The molecule has 1 N–H and O–H groups in total. The molecule has 0 spiro atoms. The molecule has 5 rings (SSSR count). The van der Waals surface area contributed by atoms with Crippen molar-refractivity contribution in [2.24, 2.45) is 0 Å². The standard InChI is InChI=1S/C26H26FN7S/c1-16(22-15-35-17(2)30-22)29-26-28-11-9-21(31-26)25-24(19-5-7-20(27)8-6-19)32-23-13-18(14-33(3)4)10-12-34(23)25/h5-13,15-16H,14H2,1-4H3,(H,28,29,31). The maximum absolute atomic E-state index is 13.7. The molecule has 178 valence electrons. The molecule has 0 amide bonds. The second-order valence-electron chi connectivity index (χ2n) is 8.74. The molecule has 0 saturated carbocycles. The lowest BCUT2D eigenvalue weighted by Crippen LogP contribution is -2.11. The average molecular weight is 488 g/mol. The molecule has 5 aromatic rings. The molecule has 0 aliphatic rings. The highest BCUT2D eigenvalue weighted by Crippen LogP contribution is 2.33. The van der Waals surface area contributed by atoms with Gasteiger partial charge in [-0.1, -0.05) is 0 Å². The molecule has 7 nitrogen and oxygen atoms in total. The number of nitrogens with one attached hydrogen (secondary N) is 1. The van der Waals surface area contributed by atoms with Crippen molar-refractivity contribution in [3.63, 3.8) is 0 Å². The predicted octanol–water partition coefficient (Wildman–Crippen LogP) is 5.60. The number of fused-ring (bicyclic) bond motifs is 1. The van der Waals surface area contributed by atoms with Gasteiger partial charge in [0.15, 0.2) is 0 Å². The maximum Gasteiger partial charge on any atom is 0.223 e. The molecule has 0 saturated heterocycles. The Balaban J connectivity index is 1.59. The maximum atomic E-state index is 13.7. The van der Waals surface area contributed by atoms with Gasteiger partial charge in [-0.3, -0.25) is 4.40 Å². The van der Waals surface area contributed by atoms with Gasteiger partial charge in [-0.25, -0.2) is 24.3 Å². The summed E-state index contributed by atoms with van der Waals surface area (Å²) in [4.78, 5) is 20.9. The van der Waals surface area contributed by atoms with Gasteiger partial charge in [0.1, 0.15) is 11.5 Å². The minimum Gasteiger partial charge on any atom is -0.346 e. The zero-order chi connectivity index (χ0) is 24.5. The first-order chi connectivity index (χ1) is 16.9. The van der Waals surface area contributed by atoms with Gasteiger partial charge in [-0.05, 0) is 76.0 Å². The summed E-state index contributed by atoms with van der Waals surface area (Å²) in [5, 5.41) is 6.42. The van der Waals surface area contributed by atoms with E-state index in [0.29, 0.717) is 5.95 Å².